The van der Waals surface area contributed by atoms with Crippen molar-refractivity contribution in [1.29, 1.82) is 0 Å². The number of carbonyl (C=O) groups is 2. The van der Waals surface area contributed by atoms with E-state index in [0.29, 0.717) is 30.0 Å². The van der Waals surface area contributed by atoms with E-state index in [0.717, 1.165) is 11.1 Å². The molecule has 5 heteroatoms. The van der Waals surface area contributed by atoms with Gasteiger partial charge in [0, 0.05) is 6.54 Å². The van der Waals surface area contributed by atoms with E-state index in [1.165, 1.54) is 6.08 Å². The molecule has 5 nitrogen and oxygen atoms in total. The zero-order valence-corrected chi connectivity index (χ0v) is 20.7. The fourth-order valence-corrected chi connectivity index (χ4v) is 4.58. The zero-order valence-electron chi connectivity index (χ0n) is 20.7. The second-order valence-electron chi connectivity index (χ2n) is 8.99. The van der Waals surface area contributed by atoms with Crippen LogP contribution in [-0.2, 0) is 16.0 Å². The Bertz CT molecular complexity index is 1480. The molecule has 1 aliphatic rings. The minimum atomic E-state index is -0.751. The number of benzene rings is 4. The molecule has 0 aromatic heterocycles. The van der Waals surface area contributed by atoms with Crippen LogP contribution in [0.4, 0.5) is 0 Å². The van der Waals surface area contributed by atoms with Crippen molar-refractivity contribution in [3.8, 4) is 11.5 Å². The molecule has 188 valence electrons. The highest BCUT2D eigenvalue weighted by atomic mass is 16.5. The van der Waals surface area contributed by atoms with Gasteiger partial charge in [-0.25, -0.2) is 0 Å². The standard InChI is InChI=1S/C33H27NO4/c35-29(20-19-24-11-4-1-5-12-24)30-31(26-15-10-18-28(23-26)38-27-16-8-3-9-17-27)34(33(37)32(30)36)22-21-25-13-6-2-7-14-25/h1-20,23,31,36H,21-22H2. The summed E-state index contributed by atoms with van der Waals surface area (Å²) in [4.78, 5) is 28.3. The SMILES string of the molecule is O=C(C=Cc1ccccc1)C1=C(O)C(=O)N(CCc2ccccc2)C1c1cccc(Oc2ccccc2)c1. The van der Waals surface area contributed by atoms with Crippen LogP contribution in [0.1, 0.15) is 22.7 Å². The smallest absolute Gasteiger partial charge is 0.290 e. The van der Waals surface area contributed by atoms with Crippen LogP contribution in [0.5, 0.6) is 11.5 Å². The number of rotatable bonds is 9. The molecule has 0 saturated carbocycles. The van der Waals surface area contributed by atoms with Crippen LogP contribution in [0.25, 0.3) is 6.08 Å². The van der Waals surface area contributed by atoms with Crippen LogP contribution in [0.3, 0.4) is 0 Å². The first-order chi connectivity index (χ1) is 18.6. The highest BCUT2D eigenvalue weighted by Crippen LogP contribution is 2.39. The van der Waals surface area contributed by atoms with Gasteiger partial charge in [0.05, 0.1) is 11.6 Å². The first kappa shape index (κ1) is 24.8. The van der Waals surface area contributed by atoms with Crippen LogP contribution in [0.2, 0.25) is 0 Å². The number of hydrogen-bond acceptors (Lipinski definition) is 4. The van der Waals surface area contributed by atoms with Gasteiger partial charge in [-0.15, -0.1) is 0 Å². The maximum atomic E-state index is 13.4. The van der Waals surface area contributed by atoms with Crippen molar-refractivity contribution in [3.63, 3.8) is 0 Å². The third kappa shape index (κ3) is 5.57. The summed E-state index contributed by atoms with van der Waals surface area (Å²) >= 11 is 0. The van der Waals surface area contributed by atoms with Crippen LogP contribution in [-0.4, -0.2) is 28.2 Å². The molecule has 0 aliphatic carbocycles. The van der Waals surface area contributed by atoms with Crippen molar-refractivity contribution >= 4 is 17.8 Å². The Kier molecular flexibility index (Phi) is 7.46. The number of carbonyl (C=O) groups excluding carboxylic acids is 2. The topological polar surface area (TPSA) is 66.8 Å². The normalized spacial score (nSPS) is 15.3. The van der Waals surface area contributed by atoms with Crippen LogP contribution < -0.4 is 4.74 Å². The number of hydrogen-bond donors (Lipinski definition) is 1. The van der Waals surface area contributed by atoms with Crippen molar-refractivity contribution in [3.05, 3.63) is 149 Å². The number of aliphatic hydroxyl groups excluding tert-OH is 1. The van der Waals surface area contributed by atoms with Crippen LogP contribution >= 0.6 is 0 Å². The highest BCUT2D eigenvalue weighted by molar-refractivity contribution is 6.14. The van der Waals surface area contributed by atoms with Crippen LogP contribution in [0, 0.1) is 0 Å². The summed E-state index contributed by atoms with van der Waals surface area (Å²) in [5.41, 5.74) is 2.65. The van der Waals surface area contributed by atoms with Gasteiger partial charge in [-0.05, 0) is 53.5 Å². The third-order valence-electron chi connectivity index (χ3n) is 6.43. The number of para-hydroxylation sites is 1. The van der Waals surface area contributed by atoms with Crippen molar-refractivity contribution in [2.75, 3.05) is 6.54 Å². The monoisotopic (exact) mass is 501 g/mol. The average Bonchev–Trinajstić information content (AvgIpc) is 3.22. The lowest BCUT2D eigenvalue weighted by Gasteiger charge is -2.27. The molecule has 0 fully saturated rings. The van der Waals surface area contributed by atoms with E-state index < -0.39 is 23.5 Å². The zero-order chi connectivity index (χ0) is 26.3. The van der Waals surface area contributed by atoms with Gasteiger partial charge in [-0.3, -0.25) is 9.59 Å². The highest BCUT2D eigenvalue weighted by Gasteiger charge is 2.42. The Hall–Kier alpha value is -4.90. The predicted molar refractivity (Wildman–Crippen MR) is 148 cm³/mol. The van der Waals surface area contributed by atoms with E-state index in [2.05, 4.69) is 0 Å². The van der Waals surface area contributed by atoms with Gasteiger partial charge in [0.15, 0.2) is 11.5 Å². The predicted octanol–water partition coefficient (Wildman–Crippen LogP) is 6.70. The lowest BCUT2D eigenvalue weighted by molar-refractivity contribution is -0.129. The van der Waals surface area contributed by atoms with E-state index in [-0.39, 0.29) is 5.57 Å². The van der Waals surface area contributed by atoms with Gasteiger partial charge in [-0.2, -0.15) is 0 Å². The molecular weight excluding hydrogens is 474 g/mol. The molecule has 1 amide bonds. The summed E-state index contributed by atoms with van der Waals surface area (Å²) in [6.45, 7) is 0.334. The number of aliphatic hydroxyl groups is 1. The maximum Gasteiger partial charge on any atom is 0.290 e. The number of allylic oxidation sites excluding steroid dienone is 1. The molecule has 1 atom stereocenters. The summed E-state index contributed by atoms with van der Waals surface area (Å²) in [5.74, 6) is -0.242. The van der Waals surface area contributed by atoms with E-state index in [1.54, 1.807) is 11.0 Å². The van der Waals surface area contributed by atoms with Gasteiger partial charge in [0.25, 0.3) is 5.91 Å². The van der Waals surface area contributed by atoms with E-state index in [4.69, 9.17) is 4.74 Å². The second kappa shape index (κ2) is 11.4. The summed E-state index contributed by atoms with van der Waals surface area (Å²) in [6, 6.07) is 35.2. The van der Waals surface area contributed by atoms with Crippen molar-refractivity contribution in [2.45, 2.75) is 12.5 Å². The van der Waals surface area contributed by atoms with E-state index in [1.807, 2.05) is 115 Å². The van der Waals surface area contributed by atoms with Gasteiger partial charge in [-0.1, -0.05) is 97.1 Å². The Balaban J connectivity index is 1.49. The van der Waals surface area contributed by atoms with Gasteiger partial charge in [0.2, 0.25) is 0 Å². The molecule has 1 unspecified atom stereocenters. The van der Waals surface area contributed by atoms with Gasteiger partial charge < -0.3 is 14.7 Å². The molecule has 1 heterocycles. The van der Waals surface area contributed by atoms with E-state index in [9.17, 15) is 14.7 Å². The summed E-state index contributed by atoms with van der Waals surface area (Å²) < 4.78 is 6.02. The molecule has 4 aromatic rings. The van der Waals surface area contributed by atoms with Gasteiger partial charge in [0.1, 0.15) is 11.5 Å². The largest absolute Gasteiger partial charge is 0.503 e. The molecule has 38 heavy (non-hydrogen) atoms. The third-order valence-corrected chi connectivity index (χ3v) is 6.43. The Morgan fingerprint density at radius 1 is 0.816 bits per heavy atom. The minimum absolute atomic E-state index is 0.0621. The molecule has 0 saturated heterocycles. The number of amides is 1. The second-order valence-corrected chi connectivity index (χ2v) is 8.99. The maximum absolute atomic E-state index is 13.4. The van der Waals surface area contributed by atoms with Crippen LogP contribution in [0.15, 0.2) is 133 Å². The van der Waals surface area contributed by atoms with E-state index >= 15 is 0 Å². The molecule has 1 aliphatic heterocycles. The lowest BCUT2D eigenvalue weighted by Crippen LogP contribution is -2.33. The van der Waals surface area contributed by atoms with Crippen molar-refractivity contribution in [2.24, 2.45) is 0 Å². The Morgan fingerprint density at radius 3 is 2.16 bits per heavy atom. The van der Waals surface area contributed by atoms with Crippen molar-refractivity contribution in [1.82, 2.24) is 4.90 Å². The summed E-state index contributed by atoms with van der Waals surface area (Å²) in [5, 5.41) is 10.9. The fourth-order valence-electron chi connectivity index (χ4n) is 4.58. The Labute approximate surface area is 221 Å². The molecule has 0 spiro atoms. The molecule has 4 aromatic carbocycles. The lowest BCUT2D eigenvalue weighted by atomic mass is 9.95. The molecule has 5 rings (SSSR count). The molecule has 0 radical (unpaired) electrons. The van der Waals surface area contributed by atoms with Gasteiger partial charge >= 0.3 is 0 Å². The molecule has 0 bridgehead atoms. The average molecular weight is 502 g/mol. The quantitative estimate of drug-likeness (QED) is 0.259. The first-order valence-corrected chi connectivity index (χ1v) is 12.5. The molecule has 1 N–H and O–H groups in total. The summed E-state index contributed by atoms with van der Waals surface area (Å²) in [6.07, 6.45) is 3.68. The molecular formula is C33H27NO4. The summed E-state index contributed by atoms with van der Waals surface area (Å²) in [7, 11) is 0. The number of nitrogens with zero attached hydrogens (tertiary/aromatic N) is 1. The minimum Gasteiger partial charge on any atom is -0.503 e. The fraction of sp³-hybridized carbons (Fsp3) is 0.0909. The van der Waals surface area contributed by atoms with Crippen molar-refractivity contribution < 1.29 is 19.4 Å². The Morgan fingerprint density at radius 2 is 1.45 bits per heavy atom. The number of ether oxygens (including phenoxy) is 1. The number of ketones is 1. The first-order valence-electron chi connectivity index (χ1n) is 12.5.